The van der Waals surface area contributed by atoms with Gasteiger partial charge in [-0.1, -0.05) is 48.7 Å². The van der Waals surface area contributed by atoms with Gasteiger partial charge in [0, 0.05) is 12.6 Å². The van der Waals surface area contributed by atoms with Crippen LogP contribution in [0, 0.1) is 0 Å². The zero-order valence-electron chi connectivity index (χ0n) is 10.7. The van der Waals surface area contributed by atoms with E-state index in [1.165, 1.54) is 6.08 Å². The van der Waals surface area contributed by atoms with Gasteiger partial charge in [-0.15, -0.1) is 0 Å². The molecule has 1 aromatic rings. The fraction of sp³-hybridized carbons (Fsp3) is 0.357. The highest BCUT2D eigenvalue weighted by Crippen LogP contribution is 2.26. The minimum atomic E-state index is -0.503. The van der Waals surface area contributed by atoms with Crippen LogP contribution in [0.3, 0.4) is 0 Å². The largest absolute Gasteiger partial charge is 0.391 e. The Morgan fingerprint density at radius 2 is 2.21 bits per heavy atom. The Bertz CT molecular complexity index is 461. The van der Waals surface area contributed by atoms with E-state index in [-0.39, 0.29) is 12.5 Å². The number of hydrogen-bond acceptors (Lipinski definition) is 2. The molecule has 1 amide bonds. The molecule has 1 atom stereocenters. The average Bonchev–Trinajstić information content (AvgIpc) is 2.38. The second-order valence-electron chi connectivity index (χ2n) is 4.16. The second kappa shape index (κ2) is 8.20. The normalized spacial score (nSPS) is 12.6. The van der Waals surface area contributed by atoms with Crippen LogP contribution in [0.15, 0.2) is 24.3 Å². The Balaban J connectivity index is 2.52. The van der Waals surface area contributed by atoms with Crippen molar-refractivity contribution in [3.8, 4) is 0 Å². The van der Waals surface area contributed by atoms with Crippen LogP contribution in [-0.4, -0.2) is 23.7 Å². The number of rotatable bonds is 6. The van der Waals surface area contributed by atoms with Gasteiger partial charge in [-0.2, -0.15) is 0 Å². The Morgan fingerprint density at radius 3 is 2.89 bits per heavy atom. The van der Waals surface area contributed by atoms with Gasteiger partial charge in [0.05, 0.1) is 16.1 Å². The summed E-state index contributed by atoms with van der Waals surface area (Å²) in [6.07, 6.45) is 4.01. The third-order valence-electron chi connectivity index (χ3n) is 2.53. The summed E-state index contributed by atoms with van der Waals surface area (Å²) in [6.45, 7) is 2.23. The van der Waals surface area contributed by atoms with E-state index in [4.69, 9.17) is 23.2 Å². The maximum absolute atomic E-state index is 11.5. The summed E-state index contributed by atoms with van der Waals surface area (Å²) >= 11 is 11.9. The molecule has 0 fully saturated rings. The van der Waals surface area contributed by atoms with Crippen molar-refractivity contribution < 1.29 is 9.90 Å². The molecule has 3 nitrogen and oxygen atoms in total. The molecule has 0 aliphatic heterocycles. The molecule has 5 heteroatoms. The van der Waals surface area contributed by atoms with Crippen molar-refractivity contribution in [3.63, 3.8) is 0 Å². The number of carbonyl (C=O) groups is 1. The number of aliphatic hydroxyl groups is 1. The van der Waals surface area contributed by atoms with E-state index in [2.05, 4.69) is 5.32 Å². The van der Waals surface area contributed by atoms with Gasteiger partial charge in [-0.3, -0.25) is 4.79 Å². The zero-order chi connectivity index (χ0) is 14.3. The lowest BCUT2D eigenvalue weighted by Crippen LogP contribution is -2.30. The van der Waals surface area contributed by atoms with Crippen LogP contribution in [0.25, 0.3) is 6.08 Å². The highest BCUT2D eigenvalue weighted by atomic mass is 35.5. The molecule has 0 spiro atoms. The van der Waals surface area contributed by atoms with Crippen molar-refractivity contribution in [2.75, 3.05) is 6.54 Å². The van der Waals surface area contributed by atoms with E-state index < -0.39 is 6.10 Å². The van der Waals surface area contributed by atoms with Crippen molar-refractivity contribution in [2.24, 2.45) is 0 Å². The molecule has 0 saturated heterocycles. The quantitative estimate of drug-likeness (QED) is 0.792. The second-order valence-corrected chi connectivity index (χ2v) is 4.95. The van der Waals surface area contributed by atoms with E-state index >= 15 is 0 Å². The van der Waals surface area contributed by atoms with Gasteiger partial charge in [-0.05, 0) is 24.1 Å². The molecule has 0 radical (unpaired) electrons. The summed E-state index contributed by atoms with van der Waals surface area (Å²) in [5, 5.41) is 13.0. The lowest BCUT2D eigenvalue weighted by Gasteiger charge is -2.08. The van der Waals surface area contributed by atoms with Crippen molar-refractivity contribution in [1.82, 2.24) is 5.32 Å². The number of aliphatic hydroxyl groups excluding tert-OH is 1. The fourth-order valence-corrected chi connectivity index (χ4v) is 1.90. The summed E-state index contributed by atoms with van der Waals surface area (Å²) in [6, 6.07) is 5.21. The van der Waals surface area contributed by atoms with Crippen LogP contribution < -0.4 is 5.32 Å². The van der Waals surface area contributed by atoms with Crippen molar-refractivity contribution >= 4 is 35.2 Å². The van der Waals surface area contributed by atoms with E-state index in [9.17, 15) is 9.90 Å². The van der Waals surface area contributed by atoms with Gasteiger partial charge in [0.2, 0.25) is 5.91 Å². The molecule has 0 aromatic heterocycles. The number of hydrogen-bond donors (Lipinski definition) is 2. The minimum absolute atomic E-state index is 0.250. The predicted octanol–water partition coefficient (Wildman–Crippen LogP) is 3.28. The summed E-state index contributed by atoms with van der Waals surface area (Å²) in [7, 11) is 0. The molecule has 0 bridgehead atoms. The van der Waals surface area contributed by atoms with E-state index in [1.807, 2.05) is 6.92 Å². The van der Waals surface area contributed by atoms with Crippen LogP contribution in [0.1, 0.15) is 25.3 Å². The van der Waals surface area contributed by atoms with Crippen LogP contribution in [0.2, 0.25) is 10.0 Å². The Morgan fingerprint density at radius 1 is 1.47 bits per heavy atom. The smallest absolute Gasteiger partial charge is 0.244 e. The highest BCUT2D eigenvalue weighted by molar-refractivity contribution is 6.42. The van der Waals surface area contributed by atoms with Crippen molar-refractivity contribution in [2.45, 2.75) is 25.9 Å². The van der Waals surface area contributed by atoms with Crippen LogP contribution in [0.4, 0.5) is 0 Å². The molecule has 0 saturated carbocycles. The van der Waals surface area contributed by atoms with E-state index in [0.29, 0.717) is 22.0 Å². The summed E-state index contributed by atoms with van der Waals surface area (Å²) in [5.74, 6) is -0.272. The molecule has 0 heterocycles. The van der Waals surface area contributed by atoms with E-state index in [1.54, 1.807) is 24.3 Å². The summed E-state index contributed by atoms with van der Waals surface area (Å²) in [5.41, 5.74) is 0.679. The zero-order valence-corrected chi connectivity index (χ0v) is 12.2. The van der Waals surface area contributed by atoms with Gasteiger partial charge in [-0.25, -0.2) is 0 Å². The summed E-state index contributed by atoms with van der Waals surface area (Å²) in [4.78, 5) is 11.5. The van der Waals surface area contributed by atoms with Gasteiger partial charge in [0.25, 0.3) is 0 Å². The van der Waals surface area contributed by atoms with Crippen LogP contribution >= 0.6 is 23.2 Å². The Kier molecular flexibility index (Phi) is 6.92. The maximum atomic E-state index is 11.5. The van der Waals surface area contributed by atoms with Crippen LogP contribution in [-0.2, 0) is 4.79 Å². The number of carbonyl (C=O) groups excluding carboxylic acids is 1. The Labute approximate surface area is 123 Å². The topological polar surface area (TPSA) is 49.3 Å². The predicted molar refractivity (Wildman–Crippen MR) is 79.4 cm³/mol. The third kappa shape index (κ3) is 5.64. The van der Waals surface area contributed by atoms with Gasteiger partial charge >= 0.3 is 0 Å². The first-order valence-corrected chi connectivity index (χ1v) is 6.88. The lowest BCUT2D eigenvalue weighted by molar-refractivity contribution is -0.116. The highest BCUT2D eigenvalue weighted by Gasteiger charge is 2.04. The molecular weight excluding hydrogens is 285 g/mol. The molecule has 19 heavy (non-hydrogen) atoms. The summed E-state index contributed by atoms with van der Waals surface area (Å²) < 4.78 is 0. The van der Waals surface area contributed by atoms with Gasteiger partial charge in [0.15, 0.2) is 0 Å². The number of amides is 1. The first-order chi connectivity index (χ1) is 9.04. The molecule has 1 rings (SSSR count). The molecule has 2 N–H and O–H groups in total. The van der Waals surface area contributed by atoms with Gasteiger partial charge < -0.3 is 10.4 Å². The maximum Gasteiger partial charge on any atom is 0.244 e. The molecule has 1 aromatic carbocycles. The van der Waals surface area contributed by atoms with Crippen molar-refractivity contribution in [3.05, 3.63) is 39.9 Å². The molecule has 0 aliphatic carbocycles. The minimum Gasteiger partial charge on any atom is -0.391 e. The molecule has 0 aliphatic rings. The molecule has 1 unspecified atom stereocenters. The van der Waals surface area contributed by atoms with E-state index in [0.717, 1.165) is 6.42 Å². The first-order valence-electron chi connectivity index (χ1n) is 6.12. The Hall–Kier alpha value is -1.03. The standard InChI is InChI=1S/C14H17Cl2NO2/c1-2-4-11(18)9-17-13(19)8-7-10-5-3-6-12(15)14(10)16/h3,5-8,11,18H,2,4,9H2,1H3,(H,17,19)/b8-7+. The average molecular weight is 302 g/mol. The lowest BCUT2D eigenvalue weighted by atomic mass is 10.2. The first kappa shape index (κ1) is 16.0. The van der Waals surface area contributed by atoms with Crippen LogP contribution in [0.5, 0.6) is 0 Å². The SMILES string of the molecule is CCCC(O)CNC(=O)/C=C/c1cccc(Cl)c1Cl. The monoisotopic (exact) mass is 301 g/mol. The molecule has 104 valence electrons. The number of halogens is 2. The number of benzene rings is 1. The molecular formula is C14H17Cl2NO2. The van der Waals surface area contributed by atoms with Crippen molar-refractivity contribution in [1.29, 1.82) is 0 Å². The van der Waals surface area contributed by atoms with Gasteiger partial charge in [0.1, 0.15) is 0 Å². The fourth-order valence-electron chi connectivity index (χ4n) is 1.53. The number of nitrogens with one attached hydrogen (secondary N) is 1. The third-order valence-corrected chi connectivity index (χ3v) is 3.36.